The van der Waals surface area contributed by atoms with Crippen LogP contribution in [0.25, 0.3) is 0 Å². The summed E-state index contributed by atoms with van der Waals surface area (Å²) < 4.78 is 4.11. The first-order chi connectivity index (χ1) is 7.25. The Hall–Kier alpha value is -0.970. The van der Waals surface area contributed by atoms with E-state index in [2.05, 4.69) is 9.36 Å². The number of nitrogens with zero attached hydrogens (tertiary/aromatic N) is 2. The van der Waals surface area contributed by atoms with Crippen LogP contribution in [0.5, 0.6) is 0 Å². The average molecular weight is 240 g/mol. The molecule has 3 nitrogen and oxygen atoms in total. The fourth-order valence-corrected chi connectivity index (χ4v) is 2.06. The molecule has 0 radical (unpaired) electrons. The predicted molar refractivity (Wildman–Crippen MR) is 62.0 cm³/mol. The summed E-state index contributed by atoms with van der Waals surface area (Å²) in [5.74, 6) is 0.694. The van der Waals surface area contributed by atoms with Gasteiger partial charge >= 0.3 is 0 Å². The van der Waals surface area contributed by atoms with Gasteiger partial charge in [-0.3, -0.25) is 0 Å². The fourth-order valence-electron chi connectivity index (χ4n) is 1.35. The van der Waals surface area contributed by atoms with Gasteiger partial charge in [-0.05, 0) is 35.6 Å². The first-order valence-electron chi connectivity index (χ1n) is 4.52. The number of benzene rings is 1. The number of nitrogens with two attached hydrogens (primary N) is 1. The maximum atomic E-state index is 5.96. The van der Waals surface area contributed by atoms with Crippen molar-refractivity contribution in [2.24, 2.45) is 5.73 Å². The molecule has 5 heteroatoms. The van der Waals surface area contributed by atoms with Gasteiger partial charge in [0.05, 0.1) is 6.04 Å². The third-order valence-corrected chi connectivity index (χ3v) is 2.78. The van der Waals surface area contributed by atoms with Crippen molar-refractivity contribution in [1.82, 2.24) is 9.36 Å². The fraction of sp³-hybridized carbons (Fsp3) is 0.200. The molecule has 0 bridgehead atoms. The van der Waals surface area contributed by atoms with Crippen LogP contribution in [0.3, 0.4) is 0 Å². The van der Waals surface area contributed by atoms with Crippen molar-refractivity contribution in [3.63, 3.8) is 0 Å². The second-order valence-corrected chi connectivity index (χ2v) is 4.27. The van der Waals surface area contributed by atoms with E-state index in [1.807, 2.05) is 24.3 Å². The Bertz CT molecular complexity index is 430. The molecule has 1 aromatic heterocycles. The molecule has 2 rings (SSSR count). The smallest absolute Gasteiger partial charge is 0.159 e. The molecule has 78 valence electrons. The maximum Gasteiger partial charge on any atom is 0.159 e. The summed E-state index contributed by atoms with van der Waals surface area (Å²) in [5.41, 5.74) is 8.75. The van der Waals surface area contributed by atoms with E-state index < -0.39 is 0 Å². The van der Waals surface area contributed by atoms with Gasteiger partial charge in [-0.1, -0.05) is 23.7 Å². The molecule has 2 N–H and O–H groups in total. The summed E-state index contributed by atoms with van der Waals surface area (Å²) in [7, 11) is 0. The second-order valence-electron chi connectivity index (χ2n) is 3.23. The van der Waals surface area contributed by atoms with Crippen LogP contribution < -0.4 is 5.73 Å². The molecule has 0 aliphatic heterocycles. The Morgan fingerprint density at radius 1 is 1.47 bits per heavy atom. The van der Waals surface area contributed by atoms with Crippen molar-refractivity contribution in [3.05, 3.63) is 46.2 Å². The van der Waals surface area contributed by atoms with E-state index in [0.717, 1.165) is 10.6 Å². The Labute approximate surface area is 97.1 Å². The van der Waals surface area contributed by atoms with Gasteiger partial charge in [0.25, 0.3) is 0 Å². The molecular weight excluding hydrogens is 230 g/mol. The quantitative estimate of drug-likeness (QED) is 0.895. The summed E-state index contributed by atoms with van der Waals surface area (Å²) in [6, 6.07) is 7.51. The van der Waals surface area contributed by atoms with Crippen LogP contribution in [0.4, 0.5) is 0 Å². The van der Waals surface area contributed by atoms with Crippen molar-refractivity contribution >= 4 is 23.1 Å². The van der Waals surface area contributed by atoms with Crippen molar-refractivity contribution in [3.8, 4) is 0 Å². The first-order valence-corrected chi connectivity index (χ1v) is 5.73. The highest BCUT2D eigenvalue weighted by molar-refractivity contribution is 7.03. The van der Waals surface area contributed by atoms with Crippen molar-refractivity contribution in [1.29, 1.82) is 0 Å². The Kier molecular flexibility index (Phi) is 3.30. The SMILES string of the molecule is NC(Cc1cccc(Cl)c1)c1ncsn1. The number of halogens is 1. The van der Waals surface area contributed by atoms with Crippen LogP contribution >= 0.6 is 23.1 Å². The number of aromatic nitrogens is 2. The van der Waals surface area contributed by atoms with Gasteiger partial charge in [0.2, 0.25) is 0 Å². The molecule has 1 aromatic carbocycles. The molecule has 0 aliphatic rings. The zero-order chi connectivity index (χ0) is 10.7. The van der Waals surface area contributed by atoms with Crippen LogP contribution in [-0.2, 0) is 6.42 Å². The minimum Gasteiger partial charge on any atom is -0.321 e. The minimum atomic E-state index is -0.158. The summed E-state index contributed by atoms with van der Waals surface area (Å²) in [4.78, 5) is 4.08. The minimum absolute atomic E-state index is 0.158. The zero-order valence-corrected chi connectivity index (χ0v) is 9.50. The van der Waals surface area contributed by atoms with Crippen LogP contribution in [0, 0.1) is 0 Å². The average Bonchev–Trinajstić information content (AvgIpc) is 2.70. The molecule has 0 saturated carbocycles. The predicted octanol–water partition coefficient (Wildman–Crippen LogP) is 2.43. The van der Waals surface area contributed by atoms with E-state index in [1.165, 1.54) is 11.5 Å². The van der Waals surface area contributed by atoms with E-state index in [-0.39, 0.29) is 6.04 Å². The van der Waals surface area contributed by atoms with E-state index in [4.69, 9.17) is 17.3 Å². The highest BCUT2D eigenvalue weighted by Crippen LogP contribution is 2.16. The molecule has 0 aliphatic carbocycles. The molecular formula is C10H10ClN3S. The maximum absolute atomic E-state index is 5.96. The van der Waals surface area contributed by atoms with Crippen LogP contribution in [-0.4, -0.2) is 9.36 Å². The third kappa shape index (κ3) is 2.75. The van der Waals surface area contributed by atoms with E-state index in [0.29, 0.717) is 12.2 Å². The highest BCUT2D eigenvalue weighted by Gasteiger charge is 2.10. The lowest BCUT2D eigenvalue weighted by molar-refractivity contribution is 0.680. The third-order valence-electron chi connectivity index (χ3n) is 2.05. The largest absolute Gasteiger partial charge is 0.321 e. The molecule has 15 heavy (non-hydrogen) atoms. The van der Waals surface area contributed by atoms with Gasteiger partial charge in [0, 0.05) is 5.02 Å². The lowest BCUT2D eigenvalue weighted by atomic mass is 10.1. The number of rotatable bonds is 3. The van der Waals surface area contributed by atoms with Crippen LogP contribution in [0.2, 0.25) is 5.02 Å². The lowest BCUT2D eigenvalue weighted by Gasteiger charge is -2.07. The molecule has 0 spiro atoms. The standard InChI is InChI=1S/C10H10ClN3S/c11-8-3-1-2-7(4-8)5-9(12)10-13-6-15-14-10/h1-4,6,9H,5,12H2. The van der Waals surface area contributed by atoms with Crippen LogP contribution in [0.1, 0.15) is 17.4 Å². The monoisotopic (exact) mass is 239 g/mol. The van der Waals surface area contributed by atoms with E-state index in [1.54, 1.807) is 5.51 Å². The summed E-state index contributed by atoms with van der Waals surface area (Å²) in [6.07, 6.45) is 0.706. The van der Waals surface area contributed by atoms with Crippen molar-refractivity contribution in [2.45, 2.75) is 12.5 Å². The number of hydrogen-bond donors (Lipinski definition) is 1. The second kappa shape index (κ2) is 4.70. The van der Waals surface area contributed by atoms with Gasteiger partial charge in [-0.2, -0.15) is 4.37 Å². The molecule has 1 atom stereocenters. The Morgan fingerprint density at radius 3 is 3.00 bits per heavy atom. The van der Waals surface area contributed by atoms with Gasteiger partial charge in [0.15, 0.2) is 5.82 Å². The number of hydrogen-bond acceptors (Lipinski definition) is 4. The van der Waals surface area contributed by atoms with Gasteiger partial charge in [-0.15, -0.1) is 0 Å². The van der Waals surface area contributed by atoms with Gasteiger partial charge in [-0.25, -0.2) is 4.98 Å². The van der Waals surface area contributed by atoms with Crippen molar-refractivity contribution < 1.29 is 0 Å². The molecule has 0 fully saturated rings. The highest BCUT2D eigenvalue weighted by atomic mass is 35.5. The molecule has 0 amide bonds. The van der Waals surface area contributed by atoms with Crippen molar-refractivity contribution in [2.75, 3.05) is 0 Å². The molecule has 1 unspecified atom stereocenters. The normalized spacial score (nSPS) is 12.7. The Balaban J connectivity index is 2.09. The molecule has 2 aromatic rings. The van der Waals surface area contributed by atoms with E-state index >= 15 is 0 Å². The summed E-state index contributed by atoms with van der Waals surface area (Å²) >= 11 is 7.20. The topological polar surface area (TPSA) is 51.8 Å². The van der Waals surface area contributed by atoms with E-state index in [9.17, 15) is 0 Å². The molecule has 0 saturated heterocycles. The van der Waals surface area contributed by atoms with Gasteiger partial charge < -0.3 is 5.73 Å². The lowest BCUT2D eigenvalue weighted by Crippen LogP contribution is -2.14. The summed E-state index contributed by atoms with van der Waals surface area (Å²) in [5, 5.41) is 0.728. The first kappa shape index (κ1) is 10.5. The molecule has 1 heterocycles. The summed E-state index contributed by atoms with van der Waals surface area (Å²) in [6.45, 7) is 0. The van der Waals surface area contributed by atoms with Gasteiger partial charge in [0.1, 0.15) is 5.51 Å². The van der Waals surface area contributed by atoms with Crippen LogP contribution in [0.15, 0.2) is 29.8 Å². The Morgan fingerprint density at radius 2 is 2.33 bits per heavy atom. The zero-order valence-electron chi connectivity index (χ0n) is 7.93.